The van der Waals surface area contributed by atoms with Crippen molar-refractivity contribution in [2.45, 2.75) is 58.9 Å². The highest BCUT2D eigenvalue weighted by atomic mass is 16.6. The molecule has 0 N–H and O–H groups in total. The Morgan fingerprint density at radius 2 is 1.75 bits per heavy atom. The molecule has 2 aliphatic heterocycles. The Hall–Kier alpha value is -4.20. The topological polar surface area (TPSA) is 83.5 Å². The second-order valence-corrected chi connectivity index (χ2v) is 11.0. The molecule has 2 aliphatic rings. The standard InChI is InChI=1S/C32H35NO7/c1-20-23(7-6-8-26(20)22-10-12-28-29(17-22)38-14-13-37-28)19-39-25-11-9-21-16-27(30(34)36-5)33(18-24(21)15-25)31(35)40-32(2,3)4/h6-12,15,17,27H,13-14,16,18-19H2,1-5H3/t27-/m0/s1. The quantitative estimate of drug-likeness (QED) is 0.372. The van der Waals surface area contributed by atoms with E-state index in [1.165, 1.54) is 12.0 Å². The Balaban J connectivity index is 1.33. The van der Waals surface area contributed by atoms with Gasteiger partial charge < -0.3 is 23.7 Å². The normalized spacial score (nSPS) is 16.1. The van der Waals surface area contributed by atoms with Gasteiger partial charge in [-0.15, -0.1) is 0 Å². The summed E-state index contributed by atoms with van der Waals surface area (Å²) in [6, 6.07) is 17.2. The van der Waals surface area contributed by atoms with Crippen LogP contribution < -0.4 is 14.2 Å². The third-order valence-electron chi connectivity index (χ3n) is 7.10. The lowest BCUT2D eigenvalue weighted by molar-refractivity contribution is -0.147. The summed E-state index contributed by atoms with van der Waals surface area (Å²) in [4.78, 5) is 26.9. The van der Waals surface area contributed by atoms with Gasteiger partial charge in [0.2, 0.25) is 0 Å². The van der Waals surface area contributed by atoms with E-state index in [0.29, 0.717) is 32.0 Å². The summed E-state index contributed by atoms with van der Waals surface area (Å²) in [7, 11) is 1.33. The van der Waals surface area contributed by atoms with Crippen LogP contribution in [0.25, 0.3) is 11.1 Å². The Bertz CT molecular complexity index is 1430. The van der Waals surface area contributed by atoms with Gasteiger partial charge in [-0.2, -0.15) is 0 Å². The van der Waals surface area contributed by atoms with Gasteiger partial charge in [0.15, 0.2) is 11.5 Å². The number of carbonyl (C=O) groups is 2. The molecule has 0 saturated carbocycles. The molecule has 0 unspecified atom stereocenters. The summed E-state index contributed by atoms with van der Waals surface area (Å²) >= 11 is 0. The SMILES string of the molecule is COC(=O)[C@@H]1Cc2ccc(OCc3cccc(-c4ccc5c(c4)OCCO5)c3C)cc2CN1C(=O)OC(C)(C)C. The number of nitrogens with zero attached hydrogens (tertiary/aromatic N) is 1. The lowest BCUT2D eigenvalue weighted by Crippen LogP contribution is -2.50. The molecule has 0 fully saturated rings. The van der Waals surface area contributed by atoms with Crippen LogP contribution in [0.5, 0.6) is 17.2 Å². The lowest BCUT2D eigenvalue weighted by atomic mass is 9.94. The molecule has 0 radical (unpaired) electrons. The largest absolute Gasteiger partial charge is 0.489 e. The van der Waals surface area contributed by atoms with E-state index >= 15 is 0 Å². The number of fused-ring (bicyclic) bond motifs is 2. The van der Waals surface area contributed by atoms with Crippen LogP contribution in [0.15, 0.2) is 54.6 Å². The first kappa shape index (κ1) is 27.4. The Kier molecular flexibility index (Phi) is 7.61. The van der Waals surface area contributed by atoms with E-state index in [0.717, 1.165) is 44.9 Å². The fourth-order valence-electron chi connectivity index (χ4n) is 5.03. The molecule has 5 rings (SSSR count). The first-order valence-corrected chi connectivity index (χ1v) is 13.4. The number of rotatable bonds is 5. The van der Waals surface area contributed by atoms with E-state index in [-0.39, 0.29) is 6.54 Å². The van der Waals surface area contributed by atoms with Gasteiger partial charge in [0, 0.05) is 6.42 Å². The summed E-state index contributed by atoms with van der Waals surface area (Å²) in [6.45, 7) is 9.19. The fourth-order valence-corrected chi connectivity index (χ4v) is 5.03. The van der Waals surface area contributed by atoms with E-state index in [4.69, 9.17) is 23.7 Å². The molecule has 0 spiro atoms. The van der Waals surface area contributed by atoms with Crippen molar-refractivity contribution in [3.8, 4) is 28.4 Å². The predicted molar refractivity (Wildman–Crippen MR) is 150 cm³/mol. The minimum Gasteiger partial charge on any atom is -0.489 e. The van der Waals surface area contributed by atoms with Crippen molar-refractivity contribution in [3.05, 3.63) is 76.9 Å². The van der Waals surface area contributed by atoms with Gasteiger partial charge in [0.05, 0.1) is 13.7 Å². The van der Waals surface area contributed by atoms with Gasteiger partial charge in [-0.25, -0.2) is 9.59 Å². The zero-order chi connectivity index (χ0) is 28.4. The van der Waals surface area contributed by atoms with Gasteiger partial charge in [0.1, 0.15) is 37.2 Å². The average Bonchev–Trinajstić information content (AvgIpc) is 2.94. The smallest absolute Gasteiger partial charge is 0.411 e. The molecule has 8 nitrogen and oxygen atoms in total. The number of hydrogen-bond acceptors (Lipinski definition) is 7. The van der Waals surface area contributed by atoms with E-state index in [1.54, 1.807) is 20.8 Å². The van der Waals surface area contributed by atoms with E-state index in [9.17, 15) is 9.59 Å². The maximum absolute atomic E-state index is 13.0. The Morgan fingerprint density at radius 1 is 0.975 bits per heavy atom. The molecular formula is C32H35NO7. The molecule has 0 aromatic heterocycles. The van der Waals surface area contributed by atoms with Gasteiger partial charge in [-0.1, -0.05) is 30.3 Å². The molecule has 0 bridgehead atoms. The van der Waals surface area contributed by atoms with Crippen molar-refractivity contribution in [3.63, 3.8) is 0 Å². The Morgan fingerprint density at radius 3 is 2.50 bits per heavy atom. The van der Waals surface area contributed by atoms with Crippen LogP contribution in [0.1, 0.15) is 43.0 Å². The zero-order valence-electron chi connectivity index (χ0n) is 23.6. The average molecular weight is 546 g/mol. The van der Waals surface area contributed by atoms with Crippen molar-refractivity contribution in [1.82, 2.24) is 4.90 Å². The van der Waals surface area contributed by atoms with Crippen molar-refractivity contribution in [1.29, 1.82) is 0 Å². The molecule has 2 heterocycles. The number of esters is 1. The van der Waals surface area contributed by atoms with E-state index in [1.807, 2.05) is 42.5 Å². The molecule has 8 heteroatoms. The number of benzene rings is 3. The van der Waals surface area contributed by atoms with Crippen LogP contribution in [-0.2, 0) is 33.8 Å². The monoisotopic (exact) mass is 545 g/mol. The second kappa shape index (κ2) is 11.1. The molecular weight excluding hydrogens is 510 g/mol. The summed E-state index contributed by atoms with van der Waals surface area (Å²) in [6.07, 6.45) is -0.204. The molecule has 210 valence electrons. The maximum atomic E-state index is 13.0. The van der Waals surface area contributed by atoms with E-state index < -0.39 is 23.7 Å². The highest BCUT2D eigenvalue weighted by Crippen LogP contribution is 2.36. The highest BCUT2D eigenvalue weighted by Gasteiger charge is 2.37. The van der Waals surface area contributed by atoms with Crippen LogP contribution in [0.2, 0.25) is 0 Å². The summed E-state index contributed by atoms with van der Waals surface area (Å²) in [5, 5.41) is 0. The molecule has 3 aromatic rings. The number of methoxy groups -OCH3 is 1. The summed E-state index contributed by atoms with van der Waals surface area (Å²) in [5.74, 6) is 1.74. The van der Waals surface area contributed by atoms with Crippen LogP contribution in [0, 0.1) is 6.92 Å². The van der Waals surface area contributed by atoms with Gasteiger partial charge >= 0.3 is 12.1 Å². The zero-order valence-corrected chi connectivity index (χ0v) is 23.6. The Labute approximate surface area is 234 Å². The third kappa shape index (κ3) is 5.86. The van der Waals surface area contributed by atoms with Gasteiger partial charge in [0.25, 0.3) is 0 Å². The fraction of sp³-hybridized carbons (Fsp3) is 0.375. The second-order valence-electron chi connectivity index (χ2n) is 11.0. The molecule has 0 saturated heterocycles. The van der Waals surface area contributed by atoms with Gasteiger partial charge in [-0.05, 0) is 85.3 Å². The van der Waals surface area contributed by atoms with Crippen LogP contribution >= 0.6 is 0 Å². The molecule has 40 heavy (non-hydrogen) atoms. The van der Waals surface area contributed by atoms with Crippen LogP contribution in [-0.4, -0.2) is 48.9 Å². The van der Waals surface area contributed by atoms with Crippen molar-refractivity contribution >= 4 is 12.1 Å². The van der Waals surface area contributed by atoms with Crippen molar-refractivity contribution in [2.24, 2.45) is 0 Å². The minimum absolute atomic E-state index is 0.222. The number of hydrogen-bond donors (Lipinski definition) is 0. The van der Waals surface area contributed by atoms with Crippen molar-refractivity contribution < 1.29 is 33.3 Å². The lowest BCUT2D eigenvalue weighted by Gasteiger charge is -2.36. The van der Waals surface area contributed by atoms with Gasteiger partial charge in [-0.3, -0.25) is 4.90 Å². The molecule has 1 atom stereocenters. The van der Waals surface area contributed by atoms with E-state index in [2.05, 4.69) is 19.1 Å². The van der Waals surface area contributed by atoms with Crippen molar-refractivity contribution in [2.75, 3.05) is 20.3 Å². The summed E-state index contributed by atoms with van der Waals surface area (Å²) < 4.78 is 28.2. The molecule has 1 amide bonds. The summed E-state index contributed by atoms with van der Waals surface area (Å²) in [5.41, 5.74) is 5.53. The number of amides is 1. The third-order valence-corrected chi connectivity index (χ3v) is 7.10. The highest BCUT2D eigenvalue weighted by molar-refractivity contribution is 5.82. The van der Waals surface area contributed by atoms with Crippen LogP contribution in [0.3, 0.4) is 0 Å². The van der Waals surface area contributed by atoms with Crippen LogP contribution in [0.4, 0.5) is 4.79 Å². The molecule has 3 aromatic carbocycles. The number of carbonyl (C=O) groups excluding carboxylic acids is 2. The first-order chi connectivity index (χ1) is 19.1. The minimum atomic E-state index is -0.745. The molecule has 0 aliphatic carbocycles. The predicted octanol–water partition coefficient (Wildman–Crippen LogP) is 5.85. The number of ether oxygens (including phenoxy) is 5. The first-order valence-electron chi connectivity index (χ1n) is 13.4. The maximum Gasteiger partial charge on any atom is 0.411 e.